The van der Waals surface area contributed by atoms with E-state index in [4.69, 9.17) is 0 Å². The third kappa shape index (κ3) is 3.55. The first-order valence-electron chi connectivity index (χ1n) is 5.96. The predicted octanol–water partition coefficient (Wildman–Crippen LogP) is 3.08. The molecule has 0 aliphatic carbocycles. The van der Waals surface area contributed by atoms with Gasteiger partial charge in [-0.2, -0.15) is 0 Å². The first-order valence-corrected chi connectivity index (χ1v) is 7.64. The number of halogens is 1. The Bertz CT molecular complexity index is 321. The Morgan fingerprint density at radius 1 is 1.62 bits per heavy atom. The van der Waals surface area contributed by atoms with Gasteiger partial charge in [-0.05, 0) is 47.9 Å². The Hall–Kier alpha value is 0.1000. The van der Waals surface area contributed by atoms with Gasteiger partial charge in [0.15, 0.2) is 0 Å². The molecule has 1 atom stereocenters. The molecule has 0 bridgehead atoms. The summed E-state index contributed by atoms with van der Waals surface area (Å²) in [5, 5.41) is 5.73. The normalized spacial score (nSPS) is 20.8. The Morgan fingerprint density at radius 3 is 3.06 bits per heavy atom. The van der Waals surface area contributed by atoms with Gasteiger partial charge in [0.1, 0.15) is 0 Å². The summed E-state index contributed by atoms with van der Waals surface area (Å²) in [4.78, 5) is 3.98. The summed E-state index contributed by atoms with van der Waals surface area (Å²) in [5.74, 6) is 0. The molecule has 0 amide bonds. The van der Waals surface area contributed by atoms with Crippen LogP contribution in [0.15, 0.2) is 15.9 Å². The molecule has 0 spiro atoms. The van der Waals surface area contributed by atoms with E-state index >= 15 is 0 Å². The third-order valence-electron chi connectivity index (χ3n) is 3.09. The fourth-order valence-electron chi connectivity index (χ4n) is 2.19. The van der Waals surface area contributed by atoms with Crippen molar-refractivity contribution >= 4 is 27.3 Å². The maximum absolute atomic E-state index is 3.56. The average molecular weight is 303 g/mol. The largest absolute Gasteiger partial charge is 0.313 e. The van der Waals surface area contributed by atoms with Crippen LogP contribution in [0.3, 0.4) is 0 Å². The van der Waals surface area contributed by atoms with Gasteiger partial charge in [0.05, 0.1) is 0 Å². The summed E-state index contributed by atoms with van der Waals surface area (Å²) < 4.78 is 1.21. The lowest BCUT2D eigenvalue weighted by Gasteiger charge is -2.23. The second kappa shape index (κ2) is 6.15. The van der Waals surface area contributed by atoms with Crippen LogP contribution in [0.2, 0.25) is 0 Å². The van der Waals surface area contributed by atoms with Crippen molar-refractivity contribution < 1.29 is 0 Å². The van der Waals surface area contributed by atoms with Gasteiger partial charge in [-0.25, -0.2) is 0 Å². The van der Waals surface area contributed by atoms with Crippen molar-refractivity contribution in [3.63, 3.8) is 0 Å². The van der Waals surface area contributed by atoms with E-state index in [1.807, 2.05) is 11.3 Å². The minimum atomic E-state index is 0.711. The third-order valence-corrected chi connectivity index (χ3v) is 4.77. The van der Waals surface area contributed by atoms with Crippen LogP contribution in [-0.4, -0.2) is 30.6 Å². The Morgan fingerprint density at radius 2 is 2.50 bits per heavy atom. The number of hydrogen-bond acceptors (Lipinski definition) is 3. The van der Waals surface area contributed by atoms with E-state index in [0.717, 1.165) is 13.1 Å². The van der Waals surface area contributed by atoms with Crippen LogP contribution in [-0.2, 0) is 6.54 Å². The summed E-state index contributed by atoms with van der Waals surface area (Å²) >= 11 is 5.35. The van der Waals surface area contributed by atoms with Gasteiger partial charge in [-0.1, -0.05) is 6.92 Å². The van der Waals surface area contributed by atoms with Crippen LogP contribution in [0.5, 0.6) is 0 Å². The van der Waals surface area contributed by atoms with Gasteiger partial charge >= 0.3 is 0 Å². The van der Waals surface area contributed by atoms with Gasteiger partial charge in [-0.3, -0.25) is 4.90 Å². The van der Waals surface area contributed by atoms with Gasteiger partial charge in [0.2, 0.25) is 0 Å². The van der Waals surface area contributed by atoms with E-state index in [2.05, 4.69) is 44.5 Å². The fraction of sp³-hybridized carbons (Fsp3) is 0.667. The van der Waals surface area contributed by atoms with Crippen LogP contribution in [0.25, 0.3) is 0 Å². The number of rotatable bonds is 5. The highest BCUT2D eigenvalue weighted by Gasteiger charge is 2.17. The van der Waals surface area contributed by atoms with E-state index in [0.29, 0.717) is 6.04 Å². The Labute approximate surface area is 110 Å². The molecule has 1 N–H and O–H groups in total. The van der Waals surface area contributed by atoms with Crippen molar-refractivity contribution in [1.82, 2.24) is 10.2 Å². The summed E-state index contributed by atoms with van der Waals surface area (Å²) in [6.07, 6.45) is 2.68. The molecule has 1 unspecified atom stereocenters. The van der Waals surface area contributed by atoms with Crippen molar-refractivity contribution in [2.75, 3.05) is 19.6 Å². The molecule has 1 aromatic rings. The van der Waals surface area contributed by atoms with Crippen LogP contribution in [0.1, 0.15) is 24.6 Å². The van der Waals surface area contributed by atoms with Crippen LogP contribution < -0.4 is 5.32 Å². The number of nitrogens with one attached hydrogen (secondary N) is 1. The quantitative estimate of drug-likeness (QED) is 0.899. The lowest BCUT2D eigenvalue weighted by Crippen LogP contribution is -2.36. The van der Waals surface area contributed by atoms with Gasteiger partial charge in [0, 0.05) is 33.9 Å². The molecule has 1 aliphatic rings. The standard InChI is InChI=1S/C12H19BrN2S/c1-2-15(7-11-4-3-5-14-11)8-12-6-10(13)9-16-12/h6,9,11,14H,2-5,7-8H2,1H3. The minimum Gasteiger partial charge on any atom is -0.313 e. The van der Waals surface area contributed by atoms with Crippen molar-refractivity contribution in [1.29, 1.82) is 0 Å². The van der Waals surface area contributed by atoms with E-state index < -0.39 is 0 Å². The minimum absolute atomic E-state index is 0.711. The topological polar surface area (TPSA) is 15.3 Å². The highest BCUT2D eigenvalue weighted by atomic mass is 79.9. The summed E-state index contributed by atoms with van der Waals surface area (Å²) in [6, 6.07) is 2.94. The lowest BCUT2D eigenvalue weighted by molar-refractivity contribution is 0.255. The van der Waals surface area contributed by atoms with Crippen molar-refractivity contribution in [3.05, 3.63) is 20.8 Å². The first kappa shape index (κ1) is 12.6. The van der Waals surface area contributed by atoms with E-state index in [1.165, 1.54) is 35.3 Å². The van der Waals surface area contributed by atoms with Crippen LogP contribution >= 0.6 is 27.3 Å². The molecular weight excluding hydrogens is 284 g/mol. The van der Waals surface area contributed by atoms with Crippen LogP contribution in [0.4, 0.5) is 0 Å². The predicted molar refractivity (Wildman–Crippen MR) is 74.0 cm³/mol. The summed E-state index contributed by atoms with van der Waals surface area (Å²) in [6.45, 7) is 6.86. The average Bonchev–Trinajstić information content (AvgIpc) is 2.89. The molecule has 1 aromatic heterocycles. The highest BCUT2D eigenvalue weighted by Crippen LogP contribution is 2.21. The number of hydrogen-bond donors (Lipinski definition) is 1. The molecule has 1 saturated heterocycles. The monoisotopic (exact) mass is 302 g/mol. The maximum Gasteiger partial charge on any atom is 0.0328 e. The maximum atomic E-state index is 3.56. The number of nitrogens with zero attached hydrogens (tertiary/aromatic N) is 1. The van der Waals surface area contributed by atoms with Crippen molar-refractivity contribution in [2.45, 2.75) is 32.4 Å². The molecule has 4 heteroatoms. The molecule has 0 aromatic carbocycles. The van der Waals surface area contributed by atoms with E-state index in [1.54, 1.807) is 0 Å². The van der Waals surface area contributed by atoms with E-state index in [9.17, 15) is 0 Å². The molecule has 1 aliphatic heterocycles. The van der Waals surface area contributed by atoms with Crippen molar-refractivity contribution in [2.24, 2.45) is 0 Å². The molecule has 16 heavy (non-hydrogen) atoms. The summed E-state index contributed by atoms with van der Waals surface area (Å²) in [7, 11) is 0. The smallest absolute Gasteiger partial charge is 0.0328 e. The zero-order valence-electron chi connectivity index (χ0n) is 9.71. The Balaban J connectivity index is 1.84. The SMILES string of the molecule is CCN(Cc1cc(Br)cs1)CC1CCCN1. The molecule has 0 radical (unpaired) electrons. The van der Waals surface area contributed by atoms with Gasteiger partial charge < -0.3 is 5.32 Å². The highest BCUT2D eigenvalue weighted by molar-refractivity contribution is 9.10. The van der Waals surface area contributed by atoms with Crippen molar-refractivity contribution in [3.8, 4) is 0 Å². The molecule has 0 saturated carbocycles. The molecule has 2 nitrogen and oxygen atoms in total. The lowest BCUT2D eigenvalue weighted by atomic mass is 10.2. The number of likely N-dealkylation sites (N-methyl/N-ethyl adjacent to an activating group) is 1. The van der Waals surface area contributed by atoms with E-state index in [-0.39, 0.29) is 0 Å². The molecule has 1 fully saturated rings. The zero-order chi connectivity index (χ0) is 11.4. The van der Waals surface area contributed by atoms with Gasteiger partial charge in [0.25, 0.3) is 0 Å². The van der Waals surface area contributed by atoms with Crippen LogP contribution in [0, 0.1) is 0 Å². The Kier molecular flexibility index (Phi) is 4.82. The molecule has 90 valence electrons. The first-order chi connectivity index (χ1) is 7.78. The second-order valence-electron chi connectivity index (χ2n) is 4.35. The van der Waals surface area contributed by atoms with Gasteiger partial charge in [-0.15, -0.1) is 11.3 Å². The second-order valence-corrected chi connectivity index (χ2v) is 6.26. The zero-order valence-corrected chi connectivity index (χ0v) is 12.1. The summed E-state index contributed by atoms with van der Waals surface area (Å²) in [5.41, 5.74) is 0. The molecule has 2 heterocycles. The number of thiophene rings is 1. The molecule has 2 rings (SSSR count). The fourth-order valence-corrected chi connectivity index (χ4v) is 3.68. The molecular formula is C12H19BrN2S.